The van der Waals surface area contributed by atoms with E-state index in [1.54, 1.807) is 0 Å². The molecule has 1 saturated heterocycles. The van der Waals surface area contributed by atoms with Gasteiger partial charge in [-0.3, -0.25) is 0 Å². The normalized spacial score (nSPS) is 34.1. The Morgan fingerprint density at radius 3 is 2.57 bits per heavy atom. The van der Waals surface area contributed by atoms with Crippen LogP contribution >= 0.6 is 0 Å². The van der Waals surface area contributed by atoms with Gasteiger partial charge in [0.2, 0.25) is 0 Å². The zero-order chi connectivity index (χ0) is 10.2. The molecule has 1 aliphatic heterocycles. The predicted molar refractivity (Wildman–Crippen MR) is 58.3 cm³/mol. The molecule has 0 spiro atoms. The average molecular weight is 197 g/mol. The lowest BCUT2D eigenvalue weighted by molar-refractivity contribution is 0.106. The smallest absolute Gasteiger partial charge is 0.0509 e. The molecule has 0 aromatic carbocycles. The Morgan fingerprint density at radius 1 is 1.36 bits per heavy atom. The summed E-state index contributed by atoms with van der Waals surface area (Å²) in [5.41, 5.74) is 0.587. The lowest BCUT2D eigenvalue weighted by Crippen LogP contribution is -2.51. The quantitative estimate of drug-likeness (QED) is 0.749. The van der Waals surface area contributed by atoms with Crippen LogP contribution in [0.1, 0.15) is 40.0 Å². The Hall–Kier alpha value is -0.0800. The van der Waals surface area contributed by atoms with Crippen molar-refractivity contribution in [2.24, 2.45) is 11.3 Å². The summed E-state index contributed by atoms with van der Waals surface area (Å²) in [5, 5.41) is 3.73. The highest BCUT2D eigenvalue weighted by atomic mass is 16.5. The van der Waals surface area contributed by atoms with Gasteiger partial charge in [0.25, 0.3) is 0 Å². The van der Waals surface area contributed by atoms with Crippen molar-refractivity contribution >= 4 is 0 Å². The van der Waals surface area contributed by atoms with Crippen LogP contribution < -0.4 is 5.32 Å². The zero-order valence-corrected chi connectivity index (χ0v) is 9.68. The van der Waals surface area contributed by atoms with Crippen LogP contribution in [-0.2, 0) is 4.74 Å². The molecule has 2 rings (SSSR count). The topological polar surface area (TPSA) is 21.3 Å². The van der Waals surface area contributed by atoms with E-state index in [0.717, 1.165) is 25.2 Å². The zero-order valence-electron chi connectivity index (χ0n) is 9.68. The van der Waals surface area contributed by atoms with E-state index >= 15 is 0 Å². The van der Waals surface area contributed by atoms with Crippen LogP contribution in [0, 0.1) is 11.3 Å². The van der Waals surface area contributed by atoms with E-state index in [0.29, 0.717) is 11.5 Å². The van der Waals surface area contributed by atoms with E-state index in [-0.39, 0.29) is 0 Å². The van der Waals surface area contributed by atoms with Crippen LogP contribution in [-0.4, -0.2) is 25.3 Å². The molecule has 1 N–H and O–H groups in total. The summed E-state index contributed by atoms with van der Waals surface area (Å²) in [7, 11) is 0. The third-order valence-corrected chi connectivity index (χ3v) is 3.77. The van der Waals surface area contributed by atoms with Gasteiger partial charge in [0.05, 0.1) is 6.61 Å². The second-order valence-electron chi connectivity index (χ2n) is 5.85. The Balaban J connectivity index is 1.70. The summed E-state index contributed by atoms with van der Waals surface area (Å²) in [6.07, 6.45) is 3.92. The highest BCUT2D eigenvalue weighted by molar-refractivity contribution is 4.93. The largest absolute Gasteiger partial charge is 0.381 e. The highest BCUT2D eigenvalue weighted by Gasteiger charge is 2.37. The summed E-state index contributed by atoms with van der Waals surface area (Å²) in [6, 6.07) is 1.40. The van der Waals surface area contributed by atoms with Crippen LogP contribution in [0.2, 0.25) is 0 Å². The van der Waals surface area contributed by atoms with E-state index in [1.807, 2.05) is 0 Å². The van der Waals surface area contributed by atoms with Crippen molar-refractivity contribution in [3.05, 3.63) is 0 Å². The first kappa shape index (κ1) is 10.4. The van der Waals surface area contributed by atoms with Crippen LogP contribution in [0.5, 0.6) is 0 Å². The van der Waals surface area contributed by atoms with Crippen LogP contribution in [0.25, 0.3) is 0 Å². The Bertz CT molecular complexity index is 188. The van der Waals surface area contributed by atoms with Crippen LogP contribution in [0.3, 0.4) is 0 Å². The number of ether oxygens (including phenoxy) is 1. The summed E-state index contributed by atoms with van der Waals surface area (Å²) in [5.74, 6) is 0.749. The molecular formula is C12H23NO. The fourth-order valence-corrected chi connectivity index (χ4v) is 2.85. The second kappa shape index (κ2) is 3.82. The second-order valence-corrected chi connectivity index (χ2v) is 5.85. The summed E-state index contributed by atoms with van der Waals surface area (Å²) in [4.78, 5) is 0. The molecule has 2 fully saturated rings. The molecule has 14 heavy (non-hydrogen) atoms. The van der Waals surface area contributed by atoms with Crippen LogP contribution in [0.15, 0.2) is 0 Å². The van der Waals surface area contributed by atoms with Gasteiger partial charge in [-0.05, 0) is 37.5 Å². The third-order valence-electron chi connectivity index (χ3n) is 3.77. The molecule has 0 radical (unpaired) electrons. The molecular weight excluding hydrogens is 174 g/mol. The predicted octanol–water partition coefficient (Wildman–Crippen LogP) is 2.19. The average Bonchev–Trinajstić information content (AvgIpc) is 2.51. The minimum atomic E-state index is 0.587. The monoisotopic (exact) mass is 197 g/mol. The first-order valence-electron chi connectivity index (χ1n) is 5.91. The molecule has 0 aromatic rings. The lowest BCUT2D eigenvalue weighted by atomic mass is 9.68. The van der Waals surface area contributed by atoms with E-state index < -0.39 is 0 Å². The van der Waals surface area contributed by atoms with Gasteiger partial charge in [-0.2, -0.15) is 0 Å². The molecule has 1 heterocycles. The van der Waals surface area contributed by atoms with Crippen molar-refractivity contribution in [1.82, 2.24) is 5.32 Å². The maximum atomic E-state index is 5.41. The minimum absolute atomic E-state index is 0.587. The highest BCUT2D eigenvalue weighted by Crippen LogP contribution is 2.40. The van der Waals surface area contributed by atoms with Crippen molar-refractivity contribution in [2.75, 3.05) is 13.2 Å². The number of rotatable bonds is 3. The van der Waals surface area contributed by atoms with Gasteiger partial charge in [-0.15, -0.1) is 0 Å². The standard InChI is InChI=1S/C12H23NO/c1-9(10-4-5-14-8-10)13-11-6-12(2,3)7-11/h9-11,13H,4-8H2,1-3H3. The van der Waals surface area contributed by atoms with Gasteiger partial charge < -0.3 is 10.1 Å². The van der Waals surface area contributed by atoms with Crippen molar-refractivity contribution in [1.29, 1.82) is 0 Å². The van der Waals surface area contributed by atoms with E-state index in [4.69, 9.17) is 4.74 Å². The fourth-order valence-electron chi connectivity index (χ4n) is 2.85. The maximum Gasteiger partial charge on any atom is 0.0509 e. The molecule has 2 atom stereocenters. The van der Waals surface area contributed by atoms with Crippen molar-refractivity contribution in [3.63, 3.8) is 0 Å². The molecule has 2 unspecified atom stereocenters. The van der Waals surface area contributed by atoms with Gasteiger partial charge in [0, 0.05) is 18.7 Å². The first-order chi connectivity index (χ1) is 6.57. The molecule has 1 saturated carbocycles. The summed E-state index contributed by atoms with van der Waals surface area (Å²) >= 11 is 0. The van der Waals surface area contributed by atoms with Gasteiger partial charge in [0.15, 0.2) is 0 Å². The lowest BCUT2D eigenvalue weighted by Gasteiger charge is -2.45. The fraction of sp³-hybridized carbons (Fsp3) is 1.00. The number of nitrogens with one attached hydrogen (secondary N) is 1. The number of hydrogen-bond donors (Lipinski definition) is 1. The Kier molecular flexibility index (Phi) is 2.85. The molecule has 0 amide bonds. The van der Waals surface area contributed by atoms with Crippen molar-refractivity contribution < 1.29 is 4.74 Å². The molecule has 82 valence electrons. The molecule has 2 heteroatoms. The van der Waals surface area contributed by atoms with Crippen LogP contribution in [0.4, 0.5) is 0 Å². The molecule has 2 nitrogen and oxygen atoms in total. The van der Waals surface area contributed by atoms with E-state index in [2.05, 4.69) is 26.1 Å². The van der Waals surface area contributed by atoms with E-state index in [1.165, 1.54) is 19.3 Å². The minimum Gasteiger partial charge on any atom is -0.381 e. The summed E-state index contributed by atoms with van der Waals surface area (Å²) < 4.78 is 5.41. The Morgan fingerprint density at radius 2 is 2.07 bits per heavy atom. The molecule has 2 aliphatic rings. The Labute approximate surface area is 87.4 Å². The maximum absolute atomic E-state index is 5.41. The molecule has 0 bridgehead atoms. The number of hydrogen-bond acceptors (Lipinski definition) is 2. The summed E-state index contributed by atoms with van der Waals surface area (Å²) in [6.45, 7) is 8.95. The first-order valence-corrected chi connectivity index (χ1v) is 5.91. The van der Waals surface area contributed by atoms with Gasteiger partial charge in [0.1, 0.15) is 0 Å². The van der Waals surface area contributed by atoms with Crippen molar-refractivity contribution in [3.8, 4) is 0 Å². The van der Waals surface area contributed by atoms with Gasteiger partial charge in [-0.1, -0.05) is 13.8 Å². The van der Waals surface area contributed by atoms with Gasteiger partial charge in [-0.25, -0.2) is 0 Å². The third kappa shape index (κ3) is 2.29. The van der Waals surface area contributed by atoms with Crippen molar-refractivity contribution in [2.45, 2.75) is 52.1 Å². The van der Waals surface area contributed by atoms with E-state index in [9.17, 15) is 0 Å². The molecule has 0 aromatic heterocycles. The SMILES string of the molecule is CC(NC1CC(C)(C)C1)C1CCOC1. The van der Waals surface area contributed by atoms with Gasteiger partial charge >= 0.3 is 0 Å². The molecule has 1 aliphatic carbocycles.